The summed E-state index contributed by atoms with van der Waals surface area (Å²) in [6.07, 6.45) is 4.77. The van der Waals surface area contributed by atoms with E-state index in [4.69, 9.17) is 0 Å². The summed E-state index contributed by atoms with van der Waals surface area (Å²) in [5.74, 6) is 0. The van der Waals surface area contributed by atoms with Gasteiger partial charge in [-0.15, -0.1) is 0 Å². The number of benzene rings is 2. The van der Waals surface area contributed by atoms with Crippen molar-refractivity contribution in [3.8, 4) is 0 Å². The van der Waals surface area contributed by atoms with Crippen LogP contribution in [0.3, 0.4) is 0 Å². The van der Waals surface area contributed by atoms with Crippen LogP contribution < -0.4 is 24.0 Å². The third-order valence-corrected chi connectivity index (χ3v) is 7.46. The second kappa shape index (κ2) is 10.2. The van der Waals surface area contributed by atoms with Crippen LogP contribution >= 0.6 is 0 Å². The molecule has 3 rings (SSSR count). The molecule has 151 valence electrons. The Kier molecular flexibility index (Phi) is 7.70. The molecule has 0 amide bonds. The van der Waals surface area contributed by atoms with Crippen LogP contribution in [0.4, 0.5) is 22.7 Å². The predicted molar refractivity (Wildman–Crippen MR) is 127 cm³/mol. The molecule has 1 heterocycles. The molecule has 0 aromatic heterocycles. The van der Waals surface area contributed by atoms with Crippen molar-refractivity contribution in [2.24, 2.45) is 0 Å². The van der Waals surface area contributed by atoms with Crippen molar-refractivity contribution in [2.45, 2.75) is 53.4 Å². The average molecular weight is 445 g/mol. The topological polar surface area (TPSA) is 18.5 Å². The third-order valence-electron chi connectivity index (χ3n) is 5.12. The predicted octanol–water partition coefficient (Wildman–Crippen LogP) is 4.65. The van der Waals surface area contributed by atoms with Crippen LogP contribution in [0.1, 0.15) is 53.4 Å². The van der Waals surface area contributed by atoms with Crippen molar-refractivity contribution in [3.63, 3.8) is 0 Å². The zero-order chi connectivity index (χ0) is 19.9. The van der Waals surface area contributed by atoms with Gasteiger partial charge in [0, 0.05) is 0 Å². The number of anilines is 4. The molecule has 0 bridgehead atoms. The summed E-state index contributed by atoms with van der Waals surface area (Å²) < 4.78 is 2.95. The van der Waals surface area contributed by atoms with E-state index in [0.717, 1.165) is 26.2 Å². The van der Waals surface area contributed by atoms with Gasteiger partial charge in [-0.05, 0) is 0 Å². The van der Waals surface area contributed by atoms with Gasteiger partial charge >= 0.3 is 178 Å². The fourth-order valence-electron chi connectivity index (χ4n) is 3.87. The molecule has 4 heteroatoms. The second-order valence-corrected chi connectivity index (χ2v) is 9.84. The van der Waals surface area contributed by atoms with E-state index in [-0.39, 0.29) is 0 Å². The Morgan fingerprint density at radius 1 is 0.643 bits per heavy atom. The number of hydrogen-bond donors (Lipinski definition) is 1. The molecule has 2 aromatic rings. The maximum absolute atomic E-state index is 3.68. The van der Waals surface area contributed by atoms with E-state index in [1.807, 2.05) is 0 Å². The molecule has 0 spiro atoms. The Hall–Kier alpha value is -1.64. The average Bonchev–Trinajstić information content (AvgIpc) is 2.71. The van der Waals surface area contributed by atoms with E-state index in [9.17, 15) is 0 Å². The third kappa shape index (κ3) is 4.85. The van der Waals surface area contributed by atoms with Gasteiger partial charge in [-0.2, -0.15) is 0 Å². The normalized spacial score (nSPS) is 12.1. The van der Waals surface area contributed by atoms with E-state index in [0.29, 0.717) is 15.0 Å². The van der Waals surface area contributed by atoms with Crippen molar-refractivity contribution in [1.29, 1.82) is 0 Å². The summed E-state index contributed by atoms with van der Waals surface area (Å²) in [4.78, 5) is 5.07. The van der Waals surface area contributed by atoms with Crippen LogP contribution in [0.2, 0.25) is 0 Å². The molecule has 3 nitrogen and oxygen atoms in total. The maximum atomic E-state index is 3.68. The van der Waals surface area contributed by atoms with Crippen molar-refractivity contribution in [2.75, 3.05) is 41.3 Å². The number of hydrogen-bond acceptors (Lipinski definition) is 3. The van der Waals surface area contributed by atoms with Gasteiger partial charge < -0.3 is 0 Å². The van der Waals surface area contributed by atoms with Gasteiger partial charge in [-0.3, -0.25) is 0 Å². The van der Waals surface area contributed by atoms with E-state index < -0.39 is 0 Å². The summed E-state index contributed by atoms with van der Waals surface area (Å²) in [6.45, 7) is 13.6. The van der Waals surface area contributed by atoms with Crippen LogP contribution in [0.5, 0.6) is 0 Å². The van der Waals surface area contributed by atoms with Gasteiger partial charge in [0.1, 0.15) is 0 Å². The number of fused-ring (bicyclic) bond motifs is 2. The minimum absolute atomic E-state index is 0.343. The molecular weight excluding hydrogens is 409 g/mol. The first-order valence-electron chi connectivity index (χ1n) is 10.9. The Labute approximate surface area is 177 Å². The molecule has 0 unspecified atom stereocenters. The first-order valence-corrected chi connectivity index (χ1v) is 12.6. The van der Waals surface area contributed by atoms with Crippen LogP contribution in [-0.4, -0.2) is 41.1 Å². The molecule has 0 saturated heterocycles. The Bertz CT molecular complexity index is 699. The number of nitrogens with zero attached hydrogens (tertiary/aromatic N) is 2. The zero-order valence-electron chi connectivity index (χ0n) is 17.9. The van der Waals surface area contributed by atoms with E-state index in [1.165, 1.54) is 57.4 Å². The van der Waals surface area contributed by atoms with Gasteiger partial charge in [0.15, 0.2) is 0 Å². The number of nitrogens with one attached hydrogen (secondary N) is 1. The van der Waals surface area contributed by atoms with Gasteiger partial charge in [-0.1, -0.05) is 0 Å². The summed E-state index contributed by atoms with van der Waals surface area (Å²) in [6, 6.07) is 14.0. The van der Waals surface area contributed by atoms with E-state index >= 15 is 0 Å². The van der Waals surface area contributed by atoms with Crippen molar-refractivity contribution < 1.29 is 0 Å². The van der Waals surface area contributed by atoms with Crippen molar-refractivity contribution in [3.05, 3.63) is 36.4 Å². The van der Waals surface area contributed by atoms with Crippen LogP contribution in [-0.2, 0) is 0 Å². The molecule has 1 aliphatic rings. The fraction of sp³-hybridized carbons (Fsp3) is 0.500. The molecule has 1 radical (unpaired) electrons. The van der Waals surface area contributed by atoms with Crippen molar-refractivity contribution in [1.82, 2.24) is 0 Å². The fourth-order valence-corrected chi connectivity index (χ4v) is 6.09. The molecule has 1 N–H and O–H groups in total. The van der Waals surface area contributed by atoms with E-state index in [1.54, 1.807) is 0 Å². The molecular formula is C24H35N3Se+. The molecule has 0 atom stereocenters. The standard InChI is InChI=1S/C24H35N3Se/c1-5-13-26(14-6-2)19-9-11-21-23(17-19)28-24-18-20(10-12-22(24)25-21)27(15-7-3)16-8-4/h9-12,17-18,25H,5-8,13-16H2,1-4H3/q+1. The van der Waals surface area contributed by atoms with Crippen molar-refractivity contribution >= 4 is 46.6 Å². The SMILES string of the molecule is CCCN(CCC)c1ccc2c(c1)[Se+]c1cc(N(CCC)CCC)ccc1N2. The molecule has 0 aliphatic carbocycles. The number of rotatable bonds is 10. The summed E-state index contributed by atoms with van der Waals surface area (Å²) >= 11 is 0.343. The van der Waals surface area contributed by atoms with E-state index in [2.05, 4.69) is 79.2 Å². The van der Waals surface area contributed by atoms with Crippen LogP contribution in [0.25, 0.3) is 0 Å². The van der Waals surface area contributed by atoms with Gasteiger partial charge in [-0.25, -0.2) is 0 Å². The quantitative estimate of drug-likeness (QED) is 0.459. The summed E-state index contributed by atoms with van der Waals surface area (Å²) in [7, 11) is 0. The molecule has 28 heavy (non-hydrogen) atoms. The molecule has 0 fully saturated rings. The monoisotopic (exact) mass is 445 g/mol. The molecule has 0 saturated carbocycles. The van der Waals surface area contributed by atoms with Gasteiger partial charge in [0.2, 0.25) is 0 Å². The molecule has 1 aliphatic heterocycles. The summed E-state index contributed by atoms with van der Waals surface area (Å²) in [5.41, 5.74) is 5.33. The Morgan fingerprint density at radius 3 is 1.39 bits per heavy atom. The summed E-state index contributed by atoms with van der Waals surface area (Å²) in [5, 5.41) is 3.68. The van der Waals surface area contributed by atoms with Crippen LogP contribution in [0, 0.1) is 0 Å². The first-order chi connectivity index (χ1) is 13.7. The molecule has 2 aromatic carbocycles. The van der Waals surface area contributed by atoms with Crippen LogP contribution in [0.15, 0.2) is 36.4 Å². The zero-order valence-corrected chi connectivity index (χ0v) is 19.6. The Balaban J connectivity index is 1.85. The van der Waals surface area contributed by atoms with Gasteiger partial charge in [0.25, 0.3) is 0 Å². The Morgan fingerprint density at radius 2 is 1.04 bits per heavy atom. The minimum atomic E-state index is 0.343. The van der Waals surface area contributed by atoms with Gasteiger partial charge in [0.05, 0.1) is 0 Å². The first kappa shape index (κ1) is 21.1. The second-order valence-electron chi connectivity index (χ2n) is 7.56.